The van der Waals surface area contributed by atoms with E-state index in [-0.39, 0.29) is 12.0 Å². The molecule has 0 bridgehead atoms. The van der Waals surface area contributed by atoms with E-state index in [9.17, 15) is 8.78 Å². The van der Waals surface area contributed by atoms with Crippen LogP contribution in [0.5, 0.6) is 0 Å². The van der Waals surface area contributed by atoms with E-state index in [4.69, 9.17) is 29.0 Å². The number of hydrazine groups is 1. The first-order valence-electron chi connectivity index (χ1n) is 5.87. The smallest absolute Gasteiger partial charge is 0.126 e. The van der Waals surface area contributed by atoms with Crippen molar-refractivity contribution in [3.8, 4) is 0 Å². The van der Waals surface area contributed by atoms with Crippen molar-refractivity contribution in [1.82, 2.24) is 5.43 Å². The maximum absolute atomic E-state index is 13.7. The van der Waals surface area contributed by atoms with Crippen molar-refractivity contribution >= 4 is 23.2 Å². The summed E-state index contributed by atoms with van der Waals surface area (Å²) in [6.07, 6.45) is 0.129. The van der Waals surface area contributed by atoms with Crippen molar-refractivity contribution < 1.29 is 8.78 Å². The maximum Gasteiger partial charge on any atom is 0.126 e. The number of halogens is 4. The summed E-state index contributed by atoms with van der Waals surface area (Å²) >= 11 is 12.2. The number of nitrogens with two attached hydrogens (primary N) is 1. The molecule has 0 saturated heterocycles. The lowest BCUT2D eigenvalue weighted by molar-refractivity contribution is 0.523. The monoisotopic (exact) mass is 316 g/mol. The third-order valence-corrected chi connectivity index (χ3v) is 3.64. The summed E-state index contributed by atoms with van der Waals surface area (Å²) in [4.78, 5) is 0. The highest BCUT2D eigenvalue weighted by molar-refractivity contribution is 6.36. The quantitative estimate of drug-likeness (QED) is 0.660. The summed E-state index contributed by atoms with van der Waals surface area (Å²) in [5.41, 5.74) is 3.29. The van der Waals surface area contributed by atoms with Crippen LogP contribution in [-0.2, 0) is 6.42 Å². The Labute approximate surface area is 125 Å². The molecular formula is C14H12Cl2F2N2. The molecule has 0 spiro atoms. The fourth-order valence-electron chi connectivity index (χ4n) is 2.01. The number of hydrogen-bond donors (Lipinski definition) is 2. The normalized spacial score (nSPS) is 12.4. The molecule has 20 heavy (non-hydrogen) atoms. The summed E-state index contributed by atoms with van der Waals surface area (Å²) in [7, 11) is 0. The summed E-state index contributed by atoms with van der Waals surface area (Å²) in [5.74, 6) is 4.48. The Morgan fingerprint density at radius 1 is 1.10 bits per heavy atom. The second-order valence-corrected chi connectivity index (χ2v) is 5.11. The van der Waals surface area contributed by atoms with Crippen LogP contribution in [0, 0.1) is 11.6 Å². The van der Waals surface area contributed by atoms with Crippen molar-refractivity contribution in [3.63, 3.8) is 0 Å². The standard InChI is InChI=1S/C14H12Cl2F2N2/c15-10-2-1-3-11(16)14(10)13(20-19)7-8-6-9(17)4-5-12(8)18/h1-6,13,20H,7,19H2. The Bertz CT molecular complexity index is 600. The van der Waals surface area contributed by atoms with Crippen LogP contribution in [0.15, 0.2) is 36.4 Å². The molecule has 0 heterocycles. The lowest BCUT2D eigenvalue weighted by atomic mass is 9.99. The molecule has 2 aromatic rings. The average molecular weight is 317 g/mol. The number of benzene rings is 2. The number of rotatable bonds is 4. The molecule has 1 unspecified atom stereocenters. The molecule has 106 valence electrons. The van der Waals surface area contributed by atoms with Gasteiger partial charge >= 0.3 is 0 Å². The lowest BCUT2D eigenvalue weighted by Crippen LogP contribution is -2.30. The van der Waals surface area contributed by atoms with Crippen LogP contribution in [-0.4, -0.2) is 0 Å². The van der Waals surface area contributed by atoms with E-state index in [0.29, 0.717) is 15.6 Å². The zero-order chi connectivity index (χ0) is 14.7. The zero-order valence-electron chi connectivity index (χ0n) is 10.3. The van der Waals surface area contributed by atoms with Gasteiger partial charge in [-0.15, -0.1) is 0 Å². The molecule has 3 N–H and O–H groups in total. The second-order valence-electron chi connectivity index (χ2n) is 4.29. The van der Waals surface area contributed by atoms with Gasteiger partial charge in [-0.2, -0.15) is 0 Å². The van der Waals surface area contributed by atoms with Gasteiger partial charge in [0, 0.05) is 15.6 Å². The van der Waals surface area contributed by atoms with Gasteiger partial charge in [-0.25, -0.2) is 8.78 Å². The van der Waals surface area contributed by atoms with Gasteiger partial charge in [-0.3, -0.25) is 11.3 Å². The van der Waals surface area contributed by atoms with E-state index in [2.05, 4.69) is 5.43 Å². The lowest BCUT2D eigenvalue weighted by Gasteiger charge is -2.19. The van der Waals surface area contributed by atoms with Crippen LogP contribution < -0.4 is 11.3 Å². The molecule has 2 rings (SSSR count). The van der Waals surface area contributed by atoms with Gasteiger partial charge in [0.05, 0.1) is 6.04 Å². The third-order valence-electron chi connectivity index (χ3n) is 2.98. The molecule has 1 atom stereocenters. The molecule has 6 heteroatoms. The first-order valence-corrected chi connectivity index (χ1v) is 6.62. The minimum atomic E-state index is -0.521. The minimum absolute atomic E-state index is 0.129. The van der Waals surface area contributed by atoms with Crippen molar-refractivity contribution in [1.29, 1.82) is 0 Å². The van der Waals surface area contributed by atoms with Crippen molar-refractivity contribution in [2.45, 2.75) is 12.5 Å². The van der Waals surface area contributed by atoms with Crippen LogP contribution in [0.2, 0.25) is 10.0 Å². The molecule has 0 aliphatic rings. The van der Waals surface area contributed by atoms with Gasteiger partial charge in [0.25, 0.3) is 0 Å². The van der Waals surface area contributed by atoms with E-state index in [0.717, 1.165) is 18.2 Å². The first kappa shape index (κ1) is 15.2. The topological polar surface area (TPSA) is 38.0 Å². The van der Waals surface area contributed by atoms with Gasteiger partial charge in [0.1, 0.15) is 11.6 Å². The van der Waals surface area contributed by atoms with E-state index in [1.165, 1.54) is 0 Å². The van der Waals surface area contributed by atoms with Gasteiger partial charge in [-0.1, -0.05) is 29.3 Å². The molecule has 0 aliphatic carbocycles. The highest BCUT2D eigenvalue weighted by Gasteiger charge is 2.19. The third kappa shape index (κ3) is 3.27. The van der Waals surface area contributed by atoms with Crippen molar-refractivity contribution in [2.75, 3.05) is 0 Å². The van der Waals surface area contributed by atoms with Crippen molar-refractivity contribution in [2.24, 2.45) is 5.84 Å². The van der Waals surface area contributed by atoms with Gasteiger partial charge in [0.2, 0.25) is 0 Å². The highest BCUT2D eigenvalue weighted by atomic mass is 35.5. The van der Waals surface area contributed by atoms with Crippen LogP contribution >= 0.6 is 23.2 Å². The first-order chi connectivity index (χ1) is 9.52. The minimum Gasteiger partial charge on any atom is -0.271 e. The Morgan fingerprint density at radius 2 is 1.75 bits per heavy atom. The predicted molar refractivity (Wildman–Crippen MR) is 76.6 cm³/mol. The van der Waals surface area contributed by atoms with Crippen LogP contribution in [0.25, 0.3) is 0 Å². The largest absolute Gasteiger partial charge is 0.271 e. The van der Waals surface area contributed by atoms with Crippen molar-refractivity contribution in [3.05, 3.63) is 69.2 Å². The predicted octanol–water partition coefficient (Wildman–Crippen LogP) is 4.02. The Kier molecular flexibility index (Phi) is 4.94. The molecule has 0 amide bonds. The van der Waals surface area contributed by atoms with Crippen LogP contribution in [0.1, 0.15) is 17.2 Å². The Hall–Kier alpha value is -1.20. The molecule has 2 nitrogen and oxygen atoms in total. The van der Waals surface area contributed by atoms with E-state index in [1.54, 1.807) is 18.2 Å². The molecule has 0 saturated carbocycles. The maximum atomic E-state index is 13.7. The molecule has 0 aromatic heterocycles. The summed E-state index contributed by atoms with van der Waals surface area (Å²) in [6, 6.07) is 7.77. The molecule has 0 fully saturated rings. The molecule has 0 aliphatic heterocycles. The summed E-state index contributed by atoms with van der Waals surface area (Å²) in [5, 5.41) is 0.828. The summed E-state index contributed by atoms with van der Waals surface area (Å²) in [6.45, 7) is 0. The Balaban J connectivity index is 2.36. The summed E-state index contributed by atoms with van der Waals surface area (Å²) < 4.78 is 26.9. The van der Waals surface area contributed by atoms with Gasteiger partial charge < -0.3 is 0 Å². The molecular weight excluding hydrogens is 305 g/mol. The fourth-order valence-corrected chi connectivity index (χ4v) is 2.67. The highest BCUT2D eigenvalue weighted by Crippen LogP contribution is 2.32. The van der Waals surface area contributed by atoms with E-state index in [1.807, 2.05) is 0 Å². The van der Waals surface area contributed by atoms with E-state index < -0.39 is 17.7 Å². The number of nitrogens with one attached hydrogen (secondary N) is 1. The zero-order valence-corrected chi connectivity index (χ0v) is 11.8. The fraction of sp³-hybridized carbons (Fsp3) is 0.143. The SMILES string of the molecule is NNC(Cc1cc(F)ccc1F)c1c(Cl)cccc1Cl. The van der Waals surface area contributed by atoms with Crippen LogP contribution in [0.3, 0.4) is 0 Å². The number of hydrogen-bond acceptors (Lipinski definition) is 2. The van der Waals surface area contributed by atoms with Crippen LogP contribution in [0.4, 0.5) is 8.78 Å². The second kappa shape index (κ2) is 6.50. The van der Waals surface area contributed by atoms with Gasteiger partial charge in [0.15, 0.2) is 0 Å². The molecule has 0 radical (unpaired) electrons. The Morgan fingerprint density at radius 3 is 2.35 bits per heavy atom. The van der Waals surface area contributed by atoms with Gasteiger partial charge in [-0.05, 0) is 42.3 Å². The average Bonchev–Trinajstić information content (AvgIpc) is 2.41. The van der Waals surface area contributed by atoms with E-state index >= 15 is 0 Å². The molecule has 2 aromatic carbocycles.